The second kappa shape index (κ2) is 7.39. The van der Waals surface area contributed by atoms with Crippen LogP contribution in [0.15, 0.2) is 65.3 Å². The smallest absolute Gasteiger partial charge is 0.134 e. The molecule has 4 aromatic rings. The number of imidazole rings is 1. The number of hydrogen-bond donors (Lipinski definition) is 2. The van der Waals surface area contributed by atoms with Crippen molar-refractivity contribution in [3.63, 3.8) is 0 Å². The van der Waals surface area contributed by atoms with Gasteiger partial charge in [-0.3, -0.25) is 0 Å². The molecule has 0 unspecified atom stereocenters. The minimum atomic E-state index is -0.469. The highest BCUT2D eigenvalue weighted by Gasteiger charge is 2.25. The van der Waals surface area contributed by atoms with Crippen LogP contribution < -0.4 is 0 Å². The molecule has 0 aliphatic carbocycles. The number of furan rings is 1. The number of para-hydroxylation sites is 1. The van der Waals surface area contributed by atoms with E-state index >= 15 is 0 Å². The van der Waals surface area contributed by atoms with Gasteiger partial charge < -0.3 is 19.2 Å². The Hall–Kier alpha value is -2.89. The van der Waals surface area contributed by atoms with E-state index in [1.165, 1.54) is 0 Å². The minimum absolute atomic E-state index is 0.175. The Kier molecular flexibility index (Phi) is 4.79. The Morgan fingerprint density at radius 2 is 1.70 bits per heavy atom. The largest absolute Gasteiger partial charge is 0.460 e. The van der Waals surface area contributed by atoms with Gasteiger partial charge in [0.1, 0.15) is 11.3 Å². The molecule has 0 bridgehead atoms. The number of aliphatic hydroxyl groups is 2. The number of aromatic nitrogens is 2. The molecule has 5 nitrogen and oxygen atoms in total. The lowest BCUT2D eigenvalue weighted by molar-refractivity contribution is 0.155. The average Bonchev–Trinajstić information content (AvgIpc) is 3.30. The highest BCUT2D eigenvalue weighted by atomic mass is 16.3. The van der Waals surface area contributed by atoms with Crippen LogP contribution in [0.25, 0.3) is 33.5 Å². The van der Waals surface area contributed by atoms with Gasteiger partial charge in [-0.25, -0.2) is 4.98 Å². The summed E-state index contributed by atoms with van der Waals surface area (Å²) in [7, 11) is 0. The highest BCUT2D eigenvalue weighted by molar-refractivity contribution is 5.98. The van der Waals surface area contributed by atoms with Crippen LogP contribution in [0, 0.1) is 0 Å². The summed E-state index contributed by atoms with van der Waals surface area (Å²) in [5.74, 6) is 0.866. The van der Waals surface area contributed by atoms with Crippen molar-refractivity contribution in [2.45, 2.75) is 19.4 Å². The monoisotopic (exact) mass is 362 g/mol. The van der Waals surface area contributed by atoms with E-state index in [1.807, 2.05) is 59.2 Å². The van der Waals surface area contributed by atoms with Crippen molar-refractivity contribution < 1.29 is 14.6 Å². The molecule has 0 saturated carbocycles. The standard InChI is InChI=1S/C22H22N2O3/c1-2-18-20(17-10-6-7-11-19(17)27-18)22-21(15-8-4-3-5-9-15)23-14-24(22)16(12-25)13-26/h3-11,14,16,25-26H,2,12-13H2,1H3. The van der Waals surface area contributed by atoms with Crippen molar-refractivity contribution in [2.75, 3.05) is 13.2 Å². The number of fused-ring (bicyclic) bond motifs is 1. The molecule has 2 N–H and O–H groups in total. The lowest BCUT2D eigenvalue weighted by atomic mass is 10.0. The van der Waals surface area contributed by atoms with Crippen LogP contribution in [0.1, 0.15) is 18.7 Å². The Labute approximate surface area is 157 Å². The van der Waals surface area contributed by atoms with Gasteiger partial charge >= 0.3 is 0 Å². The highest BCUT2D eigenvalue weighted by Crippen LogP contribution is 2.41. The molecule has 0 amide bonds. The van der Waals surface area contributed by atoms with Gasteiger partial charge in [-0.1, -0.05) is 55.5 Å². The fraction of sp³-hybridized carbons (Fsp3) is 0.227. The summed E-state index contributed by atoms with van der Waals surface area (Å²) in [5.41, 5.74) is 4.44. The molecule has 4 rings (SSSR count). The number of nitrogens with zero attached hydrogens (tertiary/aromatic N) is 2. The average molecular weight is 362 g/mol. The van der Waals surface area contributed by atoms with Crippen molar-refractivity contribution in [1.82, 2.24) is 9.55 Å². The third kappa shape index (κ3) is 2.95. The van der Waals surface area contributed by atoms with E-state index in [0.29, 0.717) is 0 Å². The van der Waals surface area contributed by atoms with Crippen LogP contribution in [0.2, 0.25) is 0 Å². The lowest BCUT2D eigenvalue weighted by Crippen LogP contribution is -2.17. The summed E-state index contributed by atoms with van der Waals surface area (Å²) in [4.78, 5) is 4.64. The number of rotatable bonds is 6. The van der Waals surface area contributed by atoms with E-state index < -0.39 is 6.04 Å². The summed E-state index contributed by atoms with van der Waals surface area (Å²) in [6.07, 6.45) is 2.42. The van der Waals surface area contributed by atoms with Gasteiger partial charge in [0.15, 0.2) is 0 Å². The maximum atomic E-state index is 9.79. The van der Waals surface area contributed by atoms with E-state index in [1.54, 1.807) is 6.33 Å². The molecule has 2 heterocycles. The zero-order valence-corrected chi connectivity index (χ0v) is 15.2. The first-order valence-electron chi connectivity index (χ1n) is 9.13. The molecule has 138 valence electrons. The molecule has 0 aliphatic heterocycles. The van der Waals surface area contributed by atoms with Crippen LogP contribution in [0.5, 0.6) is 0 Å². The number of aliphatic hydroxyl groups excluding tert-OH is 2. The predicted molar refractivity (Wildman–Crippen MR) is 105 cm³/mol. The normalized spacial score (nSPS) is 11.6. The van der Waals surface area contributed by atoms with Gasteiger partial charge in [0.2, 0.25) is 0 Å². The van der Waals surface area contributed by atoms with Gasteiger partial charge in [-0.05, 0) is 6.07 Å². The first-order valence-corrected chi connectivity index (χ1v) is 9.13. The van der Waals surface area contributed by atoms with E-state index in [0.717, 1.165) is 45.7 Å². The summed E-state index contributed by atoms with van der Waals surface area (Å²) in [5, 5.41) is 20.6. The molecular weight excluding hydrogens is 340 g/mol. The molecule has 5 heteroatoms. The van der Waals surface area contributed by atoms with Crippen molar-refractivity contribution in [3.05, 3.63) is 66.7 Å². The fourth-order valence-electron chi connectivity index (χ4n) is 3.53. The van der Waals surface area contributed by atoms with Gasteiger partial charge in [-0.15, -0.1) is 0 Å². The first-order chi connectivity index (χ1) is 13.3. The van der Waals surface area contributed by atoms with Crippen molar-refractivity contribution >= 4 is 11.0 Å². The summed E-state index contributed by atoms with van der Waals surface area (Å²) >= 11 is 0. The molecular formula is C22H22N2O3. The quantitative estimate of drug-likeness (QED) is 0.543. The molecule has 2 aromatic carbocycles. The second-order valence-electron chi connectivity index (χ2n) is 6.48. The van der Waals surface area contributed by atoms with Gasteiger partial charge in [-0.2, -0.15) is 0 Å². The maximum absolute atomic E-state index is 9.79. The minimum Gasteiger partial charge on any atom is -0.460 e. The van der Waals surface area contributed by atoms with Crippen LogP contribution in [0.4, 0.5) is 0 Å². The molecule has 2 aromatic heterocycles. The summed E-state index contributed by atoms with van der Waals surface area (Å²) in [6, 6.07) is 17.4. The predicted octanol–water partition coefficient (Wildman–Crippen LogP) is 4.05. The molecule has 0 saturated heterocycles. The summed E-state index contributed by atoms with van der Waals surface area (Å²) < 4.78 is 7.96. The fourth-order valence-corrected chi connectivity index (χ4v) is 3.53. The Bertz CT molecular complexity index is 1050. The van der Waals surface area contributed by atoms with E-state index in [9.17, 15) is 10.2 Å². The second-order valence-corrected chi connectivity index (χ2v) is 6.48. The zero-order chi connectivity index (χ0) is 18.8. The molecule has 0 fully saturated rings. The van der Waals surface area contributed by atoms with Crippen LogP contribution in [-0.4, -0.2) is 33.0 Å². The van der Waals surface area contributed by atoms with Crippen molar-refractivity contribution in [2.24, 2.45) is 0 Å². The van der Waals surface area contributed by atoms with Crippen molar-refractivity contribution in [3.8, 4) is 22.5 Å². The van der Waals surface area contributed by atoms with Gasteiger partial charge in [0, 0.05) is 22.9 Å². The SMILES string of the molecule is CCc1oc2ccccc2c1-c1c(-c2ccccc2)ncn1C(CO)CO. The number of aryl methyl sites for hydroxylation is 1. The number of benzene rings is 2. The third-order valence-corrected chi connectivity index (χ3v) is 4.88. The van der Waals surface area contributed by atoms with Crippen LogP contribution in [-0.2, 0) is 6.42 Å². The Morgan fingerprint density at radius 1 is 1.00 bits per heavy atom. The third-order valence-electron chi connectivity index (χ3n) is 4.88. The maximum Gasteiger partial charge on any atom is 0.134 e. The number of hydrogen-bond acceptors (Lipinski definition) is 4. The molecule has 0 aliphatic rings. The summed E-state index contributed by atoms with van der Waals surface area (Å²) in [6.45, 7) is 1.70. The van der Waals surface area contributed by atoms with Crippen LogP contribution >= 0.6 is 0 Å². The topological polar surface area (TPSA) is 71.4 Å². The van der Waals surface area contributed by atoms with E-state index in [-0.39, 0.29) is 13.2 Å². The van der Waals surface area contributed by atoms with Gasteiger partial charge in [0.25, 0.3) is 0 Å². The van der Waals surface area contributed by atoms with E-state index in [4.69, 9.17) is 4.42 Å². The van der Waals surface area contributed by atoms with E-state index in [2.05, 4.69) is 11.9 Å². The zero-order valence-electron chi connectivity index (χ0n) is 15.2. The molecule has 0 radical (unpaired) electrons. The first kappa shape index (κ1) is 17.5. The molecule has 0 atom stereocenters. The lowest BCUT2D eigenvalue weighted by Gasteiger charge is -2.17. The van der Waals surface area contributed by atoms with Gasteiger partial charge in [0.05, 0.1) is 37.0 Å². The molecule has 27 heavy (non-hydrogen) atoms. The molecule has 0 spiro atoms. The Balaban J connectivity index is 2.06. The van der Waals surface area contributed by atoms with Crippen molar-refractivity contribution in [1.29, 1.82) is 0 Å². The Morgan fingerprint density at radius 3 is 2.41 bits per heavy atom. The van der Waals surface area contributed by atoms with Crippen LogP contribution in [0.3, 0.4) is 0 Å².